The molecule has 0 N–H and O–H groups in total. The maximum Gasteiger partial charge on any atom is 0.339 e. The van der Waals surface area contributed by atoms with Crippen molar-refractivity contribution in [3.63, 3.8) is 0 Å². The molecule has 0 saturated heterocycles. The largest absolute Gasteiger partial charge is 0.465 e. The zero-order chi connectivity index (χ0) is 10.0. The number of esters is 1. The third kappa shape index (κ3) is 1.91. The number of hydrogen-bond acceptors (Lipinski definition) is 2. The molecule has 0 aromatic carbocycles. The quantitative estimate of drug-likeness (QED) is 0.655. The minimum Gasteiger partial charge on any atom is -0.465 e. The Morgan fingerprint density at radius 3 is 2.46 bits per heavy atom. The van der Waals surface area contributed by atoms with E-state index in [0.717, 1.165) is 5.56 Å². The number of carbonyl (C=O) groups excluding carboxylic acids is 1. The topological polar surface area (TPSA) is 31.2 Å². The van der Waals surface area contributed by atoms with Gasteiger partial charge in [0.1, 0.15) is 0 Å². The van der Waals surface area contributed by atoms with Crippen molar-refractivity contribution < 1.29 is 9.53 Å². The summed E-state index contributed by atoms with van der Waals surface area (Å²) in [5.74, 6) is -0.267. The van der Waals surface area contributed by atoms with Crippen LogP contribution in [0.25, 0.3) is 0 Å². The van der Waals surface area contributed by atoms with E-state index in [-0.39, 0.29) is 5.97 Å². The van der Waals surface area contributed by atoms with Gasteiger partial charge in [0.05, 0.1) is 12.7 Å². The molecule has 1 aromatic heterocycles. The average molecular weight is 181 g/mol. The molecule has 13 heavy (non-hydrogen) atoms. The highest BCUT2D eigenvalue weighted by atomic mass is 16.5. The van der Waals surface area contributed by atoms with Gasteiger partial charge in [-0.15, -0.1) is 0 Å². The number of methoxy groups -OCH3 is 1. The Balaban J connectivity index is 3.03. The smallest absolute Gasteiger partial charge is 0.339 e. The molecular weight excluding hydrogens is 166 g/mol. The number of aryl methyl sites for hydroxylation is 1. The van der Waals surface area contributed by atoms with Crippen LogP contribution >= 0.6 is 0 Å². The second-order valence-corrected chi connectivity index (χ2v) is 3.39. The van der Waals surface area contributed by atoms with Crippen molar-refractivity contribution in [2.24, 2.45) is 0 Å². The normalized spacial score (nSPS) is 10.5. The molecule has 0 aliphatic rings. The predicted octanol–water partition coefficient (Wildman–Crippen LogP) is 2.16. The highest BCUT2D eigenvalue weighted by Crippen LogP contribution is 2.14. The van der Waals surface area contributed by atoms with E-state index in [1.807, 2.05) is 23.9 Å². The Morgan fingerprint density at radius 1 is 1.46 bits per heavy atom. The first-order valence-corrected chi connectivity index (χ1v) is 4.32. The summed E-state index contributed by atoms with van der Waals surface area (Å²) in [5.41, 5.74) is 1.61. The number of aromatic nitrogens is 1. The fraction of sp³-hybridized carbons (Fsp3) is 0.500. The molecule has 1 aromatic rings. The summed E-state index contributed by atoms with van der Waals surface area (Å²) in [6.07, 6.45) is 3.78. The van der Waals surface area contributed by atoms with Gasteiger partial charge in [-0.2, -0.15) is 0 Å². The van der Waals surface area contributed by atoms with Crippen LogP contribution in [0.2, 0.25) is 0 Å². The minimum absolute atomic E-state index is 0.267. The van der Waals surface area contributed by atoms with Crippen LogP contribution in [0.5, 0.6) is 0 Å². The number of hydrogen-bond donors (Lipinski definition) is 0. The first-order valence-electron chi connectivity index (χ1n) is 4.32. The van der Waals surface area contributed by atoms with Gasteiger partial charge < -0.3 is 9.30 Å². The molecule has 72 valence electrons. The van der Waals surface area contributed by atoms with E-state index in [2.05, 4.69) is 18.6 Å². The van der Waals surface area contributed by atoms with E-state index < -0.39 is 0 Å². The van der Waals surface area contributed by atoms with Crippen LogP contribution in [-0.2, 0) is 4.74 Å². The minimum atomic E-state index is -0.267. The Bertz CT molecular complexity index is 313. The van der Waals surface area contributed by atoms with Crippen molar-refractivity contribution >= 4 is 5.97 Å². The highest BCUT2D eigenvalue weighted by molar-refractivity contribution is 5.90. The molecule has 0 aliphatic heterocycles. The Kier molecular flexibility index (Phi) is 2.76. The SMILES string of the molecule is COC(=O)c1cn(C(C)C)cc1C. The molecule has 0 spiro atoms. The van der Waals surface area contributed by atoms with Gasteiger partial charge in [-0.1, -0.05) is 0 Å². The van der Waals surface area contributed by atoms with Gasteiger partial charge >= 0.3 is 5.97 Å². The van der Waals surface area contributed by atoms with Gasteiger partial charge in [0, 0.05) is 18.4 Å². The van der Waals surface area contributed by atoms with Gasteiger partial charge in [0.2, 0.25) is 0 Å². The fourth-order valence-electron chi connectivity index (χ4n) is 1.20. The van der Waals surface area contributed by atoms with Gasteiger partial charge in [0.15, 0.2) is 0 Å². The van der Waals surface area contributed by atoms with Crippen LogP contribution in [0.1, 0.15) is 35.8 Å². The van der Waals surface area contributed by atoms with Crippen molar-refractivity contribution in [1.29, 1.82) is 0 Å². The lowest BCUT2D eigenvalue weighted by Crippen LogP contribution is -2.01. The number of nitrogens with zero attached hydrogens (tertiary/aromatic N) is 1. The van der Waals surface area contributed by atoms with Gasteiger partial charge in [-0.25, -0.2) is 4.79 Å². The molecule has 0 radical (unpaired) electrons. The number of rotatable bonds is 2. The third-order valence-electron chi connectivity index (χ3n) is 2.05. The maximum absolute atomic E-state index is 11.2. The Morgan fingerprint density at radius 2 is 2.08 bits per heavy atom. The number of ether oxygens (including phenoxy) is 1. The molecule has 1 heterocycles. The van der Waals surface area contributed by atoms with Crippen molar-refractivity contribution in [2.75, 3.05) is 7.11 Å². The summed E-state index contributed by atoms with van der Waals surface area (Å²) in [6.45, 7) is 6.05. The van der Waals surface area contributed by atoms with Crippen LogP contribution in [-0.4, -0.2) is 17.6 Å². The zero-order valence-corrected chi connectivity index (χ0v) is 8.50. The van der Waals surface area contributed by atoms with Crippen LogP contribution in [0, 0.1) is 6.92 Å². The molecule has 0 saturated carbocycles. The van der Waals surface area contributed by atoms with Gasteiger partial charge in [0.25, 0.3) is 0 Å². The van der Waals surface area contributed by atoms with Crippen LogP contribution < -0.4 is 0 Å². The Hall–Kier alpha value is -1.25. The summed E-state index contributed by atoms with van der Waals surface area (Å²) >= 11 is 0. The van der Waals surface area contributed by atoms with Crippen molar-refractivity contribution in [2.45, 2.75) is 26.8 Å². The van der Waals surface area contributed by atoms with Crippen LogP contribution in [0.15, 0.2) is 12.4 Å². The second-order valence-electron chi connectivity index (χ2n) is 3.39. The summed E-state index contributed by atoms with van der Waals surface area (Å²) in [5, 5.41) is 0. The highest BCUT2D eigenvalue weighted by Gasteiger charge is 2.12. The Labute approximate surface area is 78.3 Å². The van der Waals surface area contributed by atoms with Crippen molar-refractivity contribution in [3.8, 4) is 0 Å². The van der Waals surface area contributed by atoms with E-state index in [0.29, 0.717) is 11.6 Å². The molecule has 1 rings (SSSR count). The van der Waals surface area contributed by atoms with Gasteiger partial charge in [-0.3, -0.25) is 0 Å². The lowest BCUT2D eigenvalue weighted by molar-refractivity contribution is 0.0600. The standard InChI is InChI=1S/C10H15NO2/c1-7(2)11-5-8(3)9(6-11)10(12)13-4/h5-7H,1-4H3. The second kappa shape index (κ2) is 3.64. The lowest BCUT2D eigenvalue weighted by atomic mass is 10.2. The van der Waals surface area contributed by atoms with E-state index in [1.54, 1.807) is 0 Å². The molecule has 3 nitrogen and oxygen atoms in total. The molecular formula is C10H15NO2. The maximum atomic E-state index is 11.2. The molecule has 0 aliphatic carbocycles. The van der Waals surface area contributed by atoms with E-state index in [4.69, 9.17) is 0 Å². The molecule has 0 atom stereocenters. The third-order valence-corrected chi connectivity index (χ3v) is 2.05. The zero-order valence-electron chi connectivity index (χ0n) is 8.50. The average Bonchev–Trinajstić information content (AvgIpc) is 2.46. The number of carbonyl (C=O) groups is 1. The summed E-state index contributed by atoms with van der Waals surface area (Å²) < 4.78 is 6.66. The van der Waals surface area contributed by atoms with E-state index in [9.17, 15) is 4.79 Å². The first-order chi connectivity index (χ1) is 6.06. The van der Waals surface area contributed by atoms with E-state index >= 15 is 0 Å². The first kappa shape index (κ1) is 9.84. The molecule has 0 amide bonds. The fourth-order valence-corrected chi connectivity index (χ4v) is 1.20. The monoisotopic (exact) mass is 181 g/mol. The predicted molar refractivity (Wildman–Crippen MR) is 50.9 cm³/mol. The summed E-state index contributed by atoms with van der Waals surface area (Å²) in [7, 11) is 1.40. The summed E-state index contributed by atoms with van der Waals surface area (Å²) in [6, 6.07) is 0.372. The molecule has 0 fully saturated rings. The molecule has 0 bridgehead atoms. The summed E-state index contributed by atoms with van der Waals surface area (Å²) in [4.78, 5) is 11.2. The van der Waals surface area contributed by atoms with E-state index in [1.165, 1.54) is 7.11 Å². The lowest BCUT2D eigenvalue weighted by Gasteiger charge is -2.04. The van der Waals surface area contributed by atoms with Crippen molar-refractivity contribution in [3.05, 3.63) is 23.5 Å². The van der Waals surface area contributed by atoms with Crippen LogP contribution in [0.4, 0.5) is 0 Å². The molecule has 0 unspecified atom stereocenters. The molecule has 3 heteroatoms. The van der Waals surface area contributed by atoms with Gasteiger partial charge in [-0.05, 0) is 26.3 Å². The van der Waals surface area contributed by atoms with Crippen LogP contribution in [0.3, 0.4) is 0 Å². The van der Waals surface area contributed by atoms with Crippen molar-refractivity contribution in [1.82, 2.24) is 4.57 Å².